The molecule has 0 spiro atoms. The van der Waals surface area contributed by atoms with E-state index >= 15 is 0 Å². The van der Waals surface area contributed by atoms with E-state index in [-0.39, 0.29) is 22.9 Å². The molecule has 1 atom stereocenters. The zero-order valence-electron chi connectivity index (χ0n) is 14.9. The summed E-state index contributed by atoms with van der Waals surface area (Å²) in [6.45, 7) is 5.99. The first-order valence-electron chi connectivity index (χ1n) is 8.61. The summed E-state index contributed by atoms with van der Waals surface area (Å²) in [5.41, 5.74) is 4.75. The standard InChI is InChI=1S/C21H19BrN2O2/c1-11-5-4-6-12(2)18(11)23-21(26)17-10-24-13(3)7-14-8-15(22)9-16(19(14)24)20(17)25/h4-6,8-10,13H,7H2,1-3H3,(H,23,26). The Balaban J connectivity index is 1.87. The second-order valence-electron chi connectivity index (χ2n) is 7.01. The van der Waals surface area contributed by atoms with E-state index in [1.54, 1.807) is 6.20 Å². The van der Waals surface area contributed by atoms with Gasteiger partial charge < -0.3 is 9.88 Å². The quantitative estimate of drug-likeness (QED) is 0.662. The number of halogens is 1. The van der Waals surface area contributed by atoms with Crippen molar-refractivity contribution < 1.29 is 4.79 Å². The Labute approximate surface area is 160 Å². The summed E-state index contributed by atoms with van der Waals surface area (Å²) in [5, 5.41) is 3.52. The van der Waals surface area contributed by atoms with Gasteiger partial charge in [0.15, 0.2) is 0 Å². The lowest BCUT2D eigenvalue weighted by molar-refractivity contribution is 0.102. The molecule has 0 fully saturated rings. The lowest BCUT2D eigenvalue weighted by Gasteiger charge is -2.14. The van der Waals surface area contributed by atoms with Gasteiger partial charge >= 0.3 is 0 Å². The van der Waals surface area contributed by atoms with Crippen LogP contribution >= 0.6 is 15.9 Å². The molecule has 5 heteroatoms. The number of hydrogen-bond donors (Lipinski definition) is 1. The SMILES string of the molecule is Cc1cccc(C)c1NC(=O)c1cn2c3c(cc(Br)cc3c1=O)CC2C. The highest BCUT2D eigenvalue weighted by Gasteiger charge is 2.25. The van der Waals surface area contributed by atoms with Crippen molar-refractivity contribution in [2.24, 2.45) is 0 Å². The number of pyridine rings is 1. The van der Waals surface area contributed by atoms with Crippen LogP contribution in [0.1, 0.15) is 40.0 Å². The maximum absolute atomic E-state index is 13.0. The van der Waals surface area contributed by atoms with E-state index in [1.165, 1.54) is 0 Å². The summed E-state index contributed by atoms with van der Waals surface area (Å²) in [6.07, 6.45) is 2.57. The number of rotatable bonds is 2. The van der Waals surface area contributed by atoms with Gasteiger partial charge in [0.1, 0.15) is 5.56 Å². The molecule has 132 valence electrons. The molecule has 26 heavy (non-hydrogen) atoms. The highest BCUT2D eigenvalue weighted by atomic mass is 79.9. The molecule has 1 amide bonds. The second-order valence-corrected chi connectivity index (χ2v) is 7.93. The van der Waals surface area contributed by atoms with Crippen LogP contribution in [0, 0.1) is 13.8 Å². The minimum absolute atomic E-state index is 0.179. The van der Waals surface area contributed by atoms with Crippen LogP contribution in [0.3, 0.4) is 0 Å². The van der Waals surface area contributed by atoms with Crippen molar-refractivity contribution in [3.63, 3.8) is 0 Å². The van der Waals surface area contributed by atoms with E-state index in [0.29, 0.717) is 5.39 Å². The lowest BCUT2D eigenvalue weighted by atomic mass is 10.1. The fourth-order valence-electron chi connectivity index (χ4n) is 3.82. The number of carbonyl (C=O) groups is 1. The van der Waals surface area contributed by atoms with Gasteiger partial charge in [0.2, 0.25) is 5.43 Å². The molecule has 0 bridgehead atoms. The van der Waals surface area contributed by atoms with Gasteiger partial charge in [-0.15, -0.1) is 0 Å². The lowest BCUT2D eigenvalue weighted by Crippen LogP contribution is -2.24. The van der Waals surface area contributed by atoms with Gasteiger partial charge in [0.05, 0.1) is 5.52 Å². The van der Waals surface area contributed by atoms with E-state index in [0.717, 1.165) is 38.8 Å². The first kappa shape index (κ1) is 17.0. The van der Waals surface area contributed by atoms with Gasteiger partial charge in [0, 0.05) is 27.8 Å². The first-order chi connectivity index (χ1) is 12.4. The topological polar surface area (TPSA) is 51.1 Å². The molecule has 0 saturated heterocycles. The van der Waals surface area contributed by atoms with Crippen molar-refractivity contribution in [2.75, 3.05) is 5.32 Å². The number of carbonyl (C=O) groups excluding carboxylic acids is 1. The zero-order valence-corrected chi connectivity index (χ0v) is 16.5. The molecule has 1 N–H and O–H groups in total. The smallest absolute Gasteiger partial charge is 0.261 e. The number of nitrogens with zero attached hydrogens (tertiary/aromatic N) is 1. The zero-order chi connectivity index (χ0) is 18.6. The summed E-state index contributed by atoms with van der Waals surface area (Å²) in [4.78, 5) is 25.9. The highest BCUT2D eigenvalue weighted by Crippen LogP contribution is 2.33. The average molecular weight is 411 g/mol. The Morgan fingerprint density at radius 2 is 1.92 bits per heavy atom. The van der Waals surface area contributed by atoms with Gasteiger partial charge in [-0.2, -0.15) is 0 Å². The molecule has 1 unspecified atom stereocenters. The van der Waals surface area contributed by atoms with Gasteiger partial charge in [-0.3, -0.25) is 9.59 Å². The molecular weight excluding hydrogens is 392 g/mol. The summed E-state index contributed by atoms with van der Waals surface area (Å²) in [6, 6.07) is 9.92. The van der Waals surface area contributed by atoms with Crippen LogP contribution in [0.4, 0.5) is 5.69 Å². The van der Waals surface area contributed by atoms with Crippen molar-refractivity contribution in [3.8, 4) is 0 Å². The Kier molecular flexibility index (Phi) is 3.99. The number of hydrogen-bond acceptors (Lipinski definition) is 2. The number of aryl methyl sites for hydroxylation is 2. The number of anilines is 1. The summed E-state index contributed by atoms with van der Waals surface area (Å²) >= 11 is 3.49. The molecule has 1 aliphatic rings. The Hall–Kier alpha value is -2.40. The van der Waals surface area contributed by atoms with Crippen molar-refractivity contribution in [3.05, 3.63) is 73.5 Å². The molecule has 2 heterocycles. The Morgan fingerprint density at radius 1 is 1.23 bits per heavy atom. The van der Waals surface area contributed by atoms with Crippen LogP contribution < -0.4 is 10.7 Å². The Bertz CT molecular complexity index is 1110. The van der Waals surface area contributed by atoms with Crippen LogP contribution in [0.15, 0.2) is 45.8 Å². The average Bonchev–Trinajstić information content (AvgIpc) is 2.89. The maximum Gasteiger partial charge on any atom is 0.261 e. The van der Waals surface area contributed by atoms with Crippen molar-refractivity contribution in [1.29, 1.82) is 0 Å². The van der Waals surface area contributed by atoms with E-state index in [2.05, 4.69) is 38.8 Å². The fraction of sp³-hybridized carbons (Fsp3) is 0.238. The number of para-hydroxylation sites is 1. The molecular formula is C21H19BrN2O2. The molecule has 3 aromatic rings. The molecule has 0 aliphatic carbocycles. The molecule has 2 aromatic carbocycles. The number of amides is 1. The van der Waals surface area contributed by atoms with Gasteiger partial charge in [-0.05, 0) is 56.0 Å². The second kappa shape index (κ2) is 6.09. The van der Waals surface area contributed by atoms with Crippen LogP contribution in [0.2, 0.25) is 0 Å². The van der Waals surface area contributed by atoms with E-state index in [1.807, 2.05) is 38.1 Å². The monoisotopic (exact) mass is 410 g/mol. The van der Waals surface area contributed by atoms with E-state index in [4.69, 9.17) is 0 Å². The molecule has 4 rings (SSSR count). The molecule has 4 nitrogen and oxygen atoms in total. The van der Waals surface area contributed by atoms with E-state index in [9.17, 15) is 9.59 Å². The van der Waals surface area contributed by atoms with Crippen molar-refractivity contribution >= 4 is 38.4 Å². The summed E-state index contributed by atoms with van der Waals surface area (Å²) < 4.78 is 2.92. The predicted molar refractivity (Wildman–Crippen MR) is 108 cm³/mol. The van der Waals surface area contributed by atoms with Crippen LogP contribution in [0.25, 0.3) is 10.9 Å². The minimum atomic E-state index is -0.362. The minimum Gasteiger partial charge on any atom is -0.343 e. The third kappa shape index (κ3) is 2.58. The van der Waals surface area contributed by atoms with Gasteiger partial charge in [0.25, 0.3) is 5.91 Å². The number of benzene rings is 2. The van der Waals surface area contributed by atoms with Crippen LogP contribution in [0.5, 0.6) is 0 Å². The third-order valence-electron chi connectivity index (χ3n) is 5.12. The van der Waals surface area contributed by atoms with Crippen LogP contribution in [-0.4, -0.2) is 10.5 Å². The fourth-order valence-corrected chi connectivity index (χ4v) is 4.32. The molecule has 0 radical (unpaired) electrons. The first-order valence-corrected chi connectivity index (χ1v) is 9.41. The molecule has 1 aliphatic heterocycles. The molecule has 1 aromatic heterocycles. The summed E-state index contributed by atoms with van der Waals surface area (Å²) in [7, 11) is 0. The predicted octanol–water partition coefficient (Wildman–Crippen LogP) is 4.75. The highest BCUT2D eigenvalue weighted by molar-refractivity contribution is 9.10. The summed E-state index contributed by atoms with van der Waals surface area (Å²) in [5.74, 6) is -0.362. The van der Waals surface area contributed by atoms with Crippen molar-refractivity contribution in [1.82, 2.24) is 4.57 Å². The third-order valence-corrected chi connectivity index (χ3v) is 5.58. The number of aromatic nitrogens is 1. The van der Waals surface area contributed by atoms with Gasteiger partial charge in [-0.25, -0.2) is 0 Å². The van der Waals surface area contributed by atoms with Crippen LogP contribution in [-0.2, 0) is 6.42 Å². The largest absolute Gasteiger partial charge is 0.343 e. The van der Waals surface area contributed by atoms with E-state index < -0.39 is 0 Å². The molecule has 0 saturated carbocycles. The van der Waals surface area contributed by atoms with Crippen molar-refractivity contribution in [2.45, 2.75) is 33.2 Å². The normalized spacial score (nSPS) is 15.5. The number of nitrogens with one attached hydrogen (secondary N) is 1. The Morgan fingerprint density at radius 3 is 2.62 bits per heavy atom. The van der Waals surface area contributed by atoms with Gasteiger partial charge in [-0.1, -0.05) is 34.1 Å². The maximum atomic E-state index is 13.0.